The molecule has 0 spiro atoms. The van der Waals surface area contributed by atoms with Gasteiger partial charge in [0, 0.05) is 38.5 Å². The van der Waals surface area contributed by atoms with Gasteiger partial charge in [-0.2, -0.15) is 0 Å². The highest BCUT2D eigenvalue weighted by Crippen LogP contribution is 2.41. The van der Waals surface area contributed by atoms with Gasteiger partial charge < -0.3 is 4.57 Å². The summed E-state index contributed by atoms with van der Waals surface area (Å²) in [6, 6.07) is 67.9. The van der Waals surface area contributed by atoms with Crippen LogP contribution in [0.25, 0.3) is 94.7 Å². The number of para-hydroxylation sites is 2. The third-order valence-electron chi connectivity index (χ3n) is 10.0. The average molecular weight is 677 g/mol. The molecule has 0 unspecified atom stereocenters. The van der Waals surface area contributed by atoms with Gasteiger partial charge in [0.1, 0.15) is 0 Å². The number of hydrogen-bond acceptors (Lipinski definition) is 3. The van der Waals surface area contributed by atoms with Gasteiger partial charge in [-0.3, -0.25) is 0 Å². The molecule has 10 aromatic rings. The van der Waals surface area contributed by atoms with E-state index < -0.39 is 0 Å². The first-order chi connectivity index (χ1) is 26.3. The molecule has 4 heteroatoms. The van der Waals surface area contributed by atoms with Gasteiger partial charge in [-0.25, -0.2) is 15.0 Å². The Morgan fingerprint density at radius 1 is 0.302 bits per heavy atom. The third-order valence-corrected chi connectivity index (χ3v) is 10.0. The van der Waals surface area contributed by atoms with E-state index in [9.17, 15) is 0 Å². The second kappa shape index (κ2) is 12.9. The zero-order valence-corrected chi connectivity index (χ0v) is 28.8. The number of aromatic nitrogens is 4. The molecule has 53 heavy (non-hydrogen) atoms. The largest absolute Gasteiger partial charge is 0.309 e. The minimum atomic E-state index is 0.626. The van der Waals surface area contributed by atoms with Crippen molar-refractivity contribution in [2.45, 2.75) is 0 Å². The van der Waals surface area contributed by atoms with E-state index in [0.717, 1.165) is 71.8 Å². The minimum Gasteiger partial charge on any atom is -0.309 e. The van der Waals surface area contributed by atoms with Crippen LogP contribution in [0.3, 0.4) is 0 Å². The summed E-state index contributed by atoms with van der Waals surface area (Å²) in [7, 11) is 0. The van der Waals surface area contributed by atoms with E-state index in [1.54, 1.807) is 0 Å². The van der Waals surface area contributed by atoms with Crippen molar-refractivity contribution in [3.8, 4) is 62.1 Å². The Balaban J connectivity index is 1.27. The lowest BCUT2D eigenvalue weighted by Crippen LogP contribution is -2.02. The number of fused-ring (bicyclic) bond motifs is 5. The lowest BCUT2D eigenvalue weighted by Gasteiger charge is -2.15. The maximum absolute atomic E-state index is 5.34. The van der Waals surface area contributed by atoms with Crippen LogP contribution in [0, 0.1) is 0 Å². The van der Waals surface area contributed by atoms with Crippen LogP contribution in [0.15, 0.2) is 194 Å². The van der Waals surface area contributed by atoms with Gasteiger partial charge in [-0.15, -0.1) is 0 Å². The molecule has 0 amide bonds. The van der Waals surface area contributed by atoms with Gasteiger partial charge >= 0.3 is 0 Å². The maximum Gasteiger partial charge on any atom is 0.164 e. The summed E-state index contributed by atoms with van der Waals surface area (Å²) in [5, 5.41) is 4.55. The average Bonchev–Trinajstić information content (AvgIpc) is 3.59. The van der Waals surface area contributed by atoms with Gasteiger partial charge in [0.2, 0.25) is 0 Å². The van der Waals surface area contributed by atoms with Gasteiger partial charge in [0.05, 0.1) is 11.0 Å². The molecule has 0 saturated heterocycles. The Morgan fingerprint density at radius 2 is 0.830 bits per heavy atom. The SMILES string of the molecule is c1ccc(-c2cccc(-c3nc(-c4ccccc4-c4ccccc4)nc(-c4cc5c6ccccc6n(-c6ccccc6)c5c5ccccc45)n3)c2)cc1. The second-order valence-electron chi connectivity index (χ2n) is 13.2. The van der Waals surface area contributed by atoms with Crippen molar-refractivity contribution in [1.29, 1.82) is 0 Å². The van der Waals surface area contributed by atoms with E-state index in [4.69, 9.17) is 15.0 Å². The topological polar surface area (TPSA) is 43.6 Å². The molecule has 0 bridgehead atoms. The van der Waals surface area contributed by atoms with Gasteiger partial charge in [-0.1, -0.05) is 164 Å². The number of benzene rings is 8. The molecular weight excluding hydrogens is 645 g/mol. The molecule has 0 radical (unpaired) electrons. The zero-order valence-electron chi connectivity index (χ0n) is 28.8. The van der Waals surface area contributed by atoms with Gasteiger partial charge in [0.25, 0.3) is 0 Å². The first-order valence-electron chi connectivity index (χ1n) is 17.9. The Morgan fingerprint density at radius 3 is 1.58 bits per heavy atom. The fourth-order valence-corrected chi connectivity index (χ4v) is 7.62. The molecule has 0 aliphatic heterocycles. The number of nitrogens with zero attached hydrogens (tertiary/aromatic N) is 4. The number of rotatable bonds is 6. The molecule has 2 heterocycles. The van der Waals surface area contributed by atoms with Crippen LogP contribution in [0.4, 0.5) is 0 Å². The molecule has 0 aliphatic carbocycles. The van der Waals surface area contributed by atoms with Crippen molar-refractivity contribution in [3.63, 3.8) is 0 Å². The molecule has 0 saturated carbocycles. The number of hydrogen-bond donors (Lipinski definition) is 0. The summed E-state index contributed by atoms with van der Waals surface area (Å²) in [6.07, 6.45) is 0. The Hall–Kier alpha value is -7.17. The van der Waals surface area contributed by atoms with E-state index in [0.29, 0.717) is 17.5 Å². The highest BCUT2D eigenvalue weighted by Gasteiger charge is 2.21. The van der Waals surface area contributed by atoms with Crippen molar-refractivity contribution in [2.24, 2.45) is 0 Å². The van der Waals surface area contributed by atoms with Crippen LogP contribution in [0.5, 0.6) is 0 Å². The Kier molecular flexibility index (Phi) is 7.43. The summed E-state index contributed by atoms with van der Waals surface area (Å²) in [5.41, 5.74) is 10.7. The van der Waals surface area contributed by atoms with Crippen molar-refractivity contribution >= 4 is 32.6 Å². The van der Waals surface area contributed by atoms with Crippen molar-refractivity contribution < 1.29 is 0 Å². The molecule has 8 aromatic carbocycles. The maximum atomic E-state index is 5.34. The van der Waals surface area contributed by atoms with Crippen molar-refractivity contribution in [3.05, 3.63) is 194 Å². The van der Waals surface area contributed by atoms with E-state index in [2.05, 4.69) is 187 Å². The lowest BCUT2D eigenvalue weighted by molar-refractivity contribution is 1.08. The normalized spacial score (nSPS) is 11.4. The summed E-state index contributed by atoms with van der Waals surface area (Å²) >= 11 is 0. The fourth-order valence-electron chi connectivity index (χ4n) is 7.62. The van der Waals surface area contributed by atoms with Crippen molar-refractivity contribution in [1.82, 2.24) is 19.5 Å². The van der Waals surface area contributed by atoms with Gasteiger partial charge in [-0.05, 0) is 58.0 Å². The smallest absolute Gasteiger partial charge is 0.164 e. The van der Waals surface area contributed by atoms with E-state index in [1.165, 1.54) is 5.39 Å². The molecule has 0 N–H and O–H groups in total. The molecular formula is C49H32N4. The predicted molar refractivity (Wildman–Crippen MR) is 219 cm³/mol. The molecule has 10 rings (SSSR count). The summed E-state index contributed by atoms with van der Waals surface area (Å²) in [6.45, 7) is 0. The van der Waals surface area contributed by atoms with Crippen molar-refractivity contribution in [2.75, 3.05) is 0 Å². The van der Waals surface area contributed by atoms with Crippen LogP contribution < -0.4 is 0 Å². The Labute approximate surface area is 307 Å². The van der Waals surface area contributed by atoms with Crippen LogP contribution in [-0.2, 0) is 0 Å². The molecule has 0 atom stereocenters. The van der Waals surface area contributed by atoms with Crippen LogP contribution in [0.2, 0.25) is 0 Å². The first kappa shape index (κ1) is 30.6. The summed E-state index contributed by atoms with van der Waals surface area (Å²) in [5.74, 6) is 1.89. The molecule has 0 fully saturated rings. The highest BCUT2D eigenvalue weighted by molar-refractivity contribution is 6.21. The lowest BCUT2D eigenvalue weighted by atomic mass is 9.98. The second-order valence-corrected chi connectivity index (χ2v) is 13.2. The van der Waals surface area contributed by atoms with Crippen LogP contribution in [-0.4, -0.2) is 19.5 Å². The fraction of sp³-hybridized carbons (Fsp3) is 0. The molecule has 0 aliphatic rings. The monoisotopic (exact) mass is 676 g/mol. The van der Waals surface area contributed by atoms with Crippen LogP contribution >= 0.6 is 0 Å². The highest BCUT2D eigenvalue weighted by atomic mass is 15.0. The van der Waals surface area contributed by atoms with E-state index in [-0.39, 0.29) is 0 Å². The van der Waals surface area contributed by atoms with E-state index >= 15 is 0 Å². The minimum absolute atomic E-state index is 0.626. The predicted octanol–water partition coefficient (Wildman–Crippen LogP) is 12.5. The molecule has 4 nitrogen and oxygen atoms in total. The van der Waals surface area contributed by atoms with Gasteiger partial charge in [0.15, 0.2) is 17.5 Å². The first-order valence-corrected chi connectivity index (χ1v) is 17.9. The van der Waals surface area contributed by atoms with Crippen LogP contribution in [0.1, 0.15) is 0 Å². The molecule has 2 aromatic heterocycles. The molecule has 248 valence electrons. The standard InChI is InChI=1S/C49H32N4/c1-4-17-33(18-5-1)35-21-16-22-36(31-35)47-50-48(42-29-13-10-25-38(42)34-19-6-2-7-20-34)52-49(51-47)44-32-43-40-27-14-15-30-45(40)53(37-23-8-3-9-24-37)46(43)41-28-12-11-26-39(41)44/h1-32H. The zero-order chi connectivity index (χ0) is 35.1. The third kappa shape index (κ3) is 5.36. The summed E-state index contributed by atoms with van der Waals surface area (Å²) < 4.78 is 2.38. The Bertz CT molecular complexity index is 2930. The summed E-state index contributed by atoms with van der Waals surface area (Å²) in [4.78, 5) is 15.9. The quantitative estimate of drug-likeness (QED) is 0.176. The van der Waals surface area contributed by atoms with E-state index in [1.807, 2.05) is 12.1 Å².